The molecule has 0 spiro atoms. The van der Waals surface area contributed by atoms with Crippen LogP contribution in [-0.2, 0) is 0 Å². The van der Waals surface area contributed by atoms with Crippen molar-refractivity contribution >= 4 is 0 Å². The number of rotatable bonds is 5. The first-order chi connectivity index (χ1) is 11.6. The van der Waals surface area contributed by atoms with E-state index in [0.717, 1.165) is 47.3 Å². The van der Waals surface area contributed by atoms with E-state index in [1.165, 1.54) is 38.5 Å². The molecule has 7 atom stereocenters. The Morgan fingerprint density at radius 1 is 0.720 bits per heavy atom. The maximum Gasteiger partial charge on any atom is 0.00699 e. The monoisotopic (exact) mass is 349 g/mol. The van der Waals surface area contributed by atoms with Crippen LogP contribution in [0.2, 0.25) is 0 Å². The molecule has 0 aromatic rings. The third-order valence-corrected chi connectivity index (χ3v) is 8.62. The number of hydrogen-bond acceptors (Lipinski definition) is 1. The molecular weight excluding hydrogens is 302 g/mol. The average molecular weight is 350 g/mol. The third-order valence-electron chi connectivity index (χ3n) is 8.62. The molecule has 1 nitrogen and oxygen atoms in total. The topological polar surface area (TPSA) is 26.0 Å². The van der Waals surface area contributed by atoms with Crippen molar-refractivity contribution in [3.05, 3.63) is 0 Å². The lowest BCUT2D eigenvalue weighted by atomic mass is 9.48. The van der Waals surface area contributed by atoms with E-state index in [1.807, 2.05) is 0 Å². The van der Waals surface area contributed by atoms with Crippen LogP contribution in [0.15, 0.2) is 0 Å². The van der Waals surface area contributed by atoms with Gasteiger partial charge in [-0.3, -0.25) is 0 Å². The fourth-order valence-corrected chi connectivity index (χ4v) is 6.79. The molecule has 0 aromatic heterocycles. The van der Waals surface area contributed by atoms with Crippen molar-refractivity contribution in [1.29, 1.82) is 0 Å². The molecule has 0 saturated heterocycles. The van der Waals surface area contributed by atoms with Crippen molar-refractivity contribution in [3.63, 3.8) is 0 Å². The van der Waals surface area contributed by atoms with E-state index in [-0.39, 0.29) is 5.41 Å². The summed E-state index contributed by atoms with van der Waals surface area (Å²) in [5.74, 6) is 6.63. The highest BCUT2D eigenvalue weighted by Crippen LogP contribution is 2.57. The van der Waals surface area contributed by atoms with Gasteiger partial charge in [0.2, 0.25) is 0 Å². The second-order valence-corrected chi connectivity index (χ2v) is 11.0. The van der Waals surface area contributed by atoms with Crippen LogP contribution in [0.1, 0.15) is 93.9 Å². The van der Waals surface area contributed by atoms with Gasteiger partial charge in [-0.1, -0.05) is 61.3 Å². The van der Waals surface area contributed by atoms with E-state index in [0.29, 0.717) is 6.04 Å². The van der Waals surface area contributed by atoms with Gasteiger partial charge in [0, 0.05) is 6.04 Å². The lowest BCUT2D eigenvalue weighted by Crippen LogP contribution is -2.56. The van der Waals surface area contributed by atoms with Crippen LogP contribution in [0.25, 0.3) is 0 Å². The van der Waals surface area contributed by atoms with Crippen LogP contribution in [0.5, 0.6) is 0 Å². The standard InChI is InChI=1S/C24H47N/c1-15(2)20-11-9-17(5)13-22(20)24(8,19(7)25)23-14-18(6)10-12-21(23)16(3)4/h15-23H,9-14,25H2,1-8H3. The summed E-state index contributed by atoms with van der Waals surface area (Å²) >= 11 is 0. The van der Waals surface area contributed by atoms with Gasteiger partial charge in [-0.05, 0) is 85.4 Å². The van der Waals surface area contributed by atoms with Gasteiger partial charge in [0.15, 0.2) is 0 Å². The smallest absolute Gasteiger partial charge is 0.00699 e. The fourth-order valence-electron chi connectivity index (χ4n) is 6.79. The highest BCUT2D eigenvalue weighted by Gasteiger charge is 2.52. The van der Waals surface area contributed by atoms with E-state index < -0.39 is 0 Å². The van der Waals surface area contributed by atoms with Crippen molar-refractivity contribution in [2.45, 2.75) is 100.0 Å². The Morgan fingerprint density at radius 3 is 1.36 bits per heavy atom. The van der Waals surface area contributed by atoms with Crippen LogP contribution in [-0.4, -0.2) is 6.04 Å². The lowest BCUT2D eigenvalue weighted by Gasteiger charge is -2.57. The van der Waals surface area contributed by atoms with Gasteiger partial charge >= 0.3 is 0 Å². The minimum Gasteiger partial charge on any atom is -0.327 e. The summed E-state index contributed by atoms with van der Waals surface area (Å²) in [6.45, 7) is 19.7. The Labute approximate surface area is 158 Å². The van der Waals surface area contributed by atoms with Gasteiger partial charge in [-0.15, -0.1) is 0 Å². The van der Waals surface area contributed by atoms with Gasteiger partial charge in [-0.2, -0.15) is 0 Å². The molecule has 0 radical (unpaired) electrons. The van der Waals surface area contributed by atoms with Crippen LogP contribution < -0.4 is 5.73 Å². The summed E-state index contributed by atoms with van der Waals surface area (Å²) in [5.41, 5.74) is 7.13. The summed E-state index contributed by atoms with van der Waals surface area (Å²) in [7, 11) is 0. The molecule has 0 amide bonds. The normalized spacial score (nSPS) is 40.9. The predicted molar refractivity (Wildman–Crippen MR) is 111 cm³/mol. The molecule has 0 heterocycles. The Bertz CT molecular complexity index is 378. The first kappa shape index (κ1) is 21.3. The van der Waals surface area contributed by atoms with Gasteiger partial charge in [0.25, 0.3) is 0 Å². The van der Waals surface area contributed by atoms with Crippen LogP contribution in [0.3, 0.4) is 0 Å². The molecule has 0 bridgehead atoms. The molecule has 0 aliphatic heterocycles. The predicted octanol–water partition coefficient (Wildman–Crippen LogP) is 6.76. The molecule has 2 fully saturated rings. The van der Waals surface area contributed by atoms with Crippen LogP contribution in [0, 0.1) is 52.8 Å². The van der Waals surface area contributed by atoms with Gasteiger partial charge in [0.1, 0.15) is 0 Å². The van der Waals surface area contributed by atoms with E-state index in [9.17, 15) is 0 Å². The molecule has 2 N–H and O–H groups in total. The Kier molecular flexibility index (Phi) is 7.08. The fraction of sp³-hybridized carbons (Fsp3) is 1.00. The zero-order valence-electron chi connectivity index (χ0n) is 18.5. The Hall–Kier alpha value is -0.0400. The SMILES string of the molecule is CC1CCC(C(C)C)C(C(C)(C(C)N)C2CC(C)CCC2C(C)C)C1. The molecule has 148 valence electrons. The summed E-state index contributed by atoms with van der Waals surface area (Å²) < 4.78 is 0. The van der Waals surface area contributed by atoms with Crippen molar-refractivity contribution < 1.29 is 0 Å². The summed E-state index contributed by atoms with van der Waals surface area (Å²) in [4.78, 5) is 0. The summed E-state index contributed by atoms with van der Waals surface area (Å²) in [5, 5.41) is 0. The van der Waals surface area contributed by atoms with Crippen molar-refractivity contribution in [3.8, 4) is 0 Å². The molecule has 2 aliphatic rings. The summed E-state index contributed by atoms with van der Waals surface area (Å²) in [6, 6.07) is 0.292. The van der Waals surface area contributed by atoms with Crippen molar-refractivity contribution in [2.24, 2.45) is 58.5 Å². The zero-order chi connectivity index (χ0) is 18.9. The van der Waals surface area contributed by atoms with E-state index >= 15 is 0 Å². The highest BCUT2D eigenvalue weighted by atomic mass is 14.7. The van der Waals surface area contributed by atoms with E-state index in [2.05, 4.69) is 55.4 Å². The quantitative estimate of drug-likeness (QED) is 0.583. The Morgan fingerprint density at radius 2 is 1.08 bits per heavy atom. The minimum atomic E-state index is 0.285. The molecule has 0 aromatic carbocycles. The highest BCUT2D eigenvalue weighted by molar-refractivity contribution is 5.02. The van der Waals surface area contributed by atoms with Crippen molar-refractivity contribution in [1.82, 2.24) is 0 Å². The maximum atomic E-state index is 6.85. The van der Waals surface area contributed by atoms with E-state index in [1.54, 1.807) is 0 Å². The number of hydrogen-bond donors (Lipinski definition) is 1. The van der Waals surface area contributed by atoms with E-state index in [4.69, 9.17) is 5.73 Å². The summed E-state index contributed by atoms with van der Waals surface area (Å²) in [6.07, 6.45) is 8.47. The van der Waals surface area contributed by atoms with Gasteiger partial charge in [-0.25, -0.2) is 0 Å². The minimum absolute atomic E-state index is 0.285. The van der Waals surface area contributed by atoms with Gasteiger partial charge < -0.3 is 5.73 Å². The van der Waals surface area contributed by atoms with Crippen LogP contribution >= 0.6 is 0 Å². The lowest BCUT2D eigenvalue weighted by molar-refractivity contribution is -0.0736. The first-order valence-corrected chi connectivity index (χ1v) is 11.3. The number of nitrogens with two attached hydrogens (primary N) is 1. The molecule has 2 saturated carbocycles. The molecule has 1 heteroatoms. The molecule has 7 unspecified atom stereocenters. The third kappa shape index (κ3) is 4.28. The maximum absolute atomic E-state index is 6.85. The van der Waals surface area contributed by atoms with Crippen molar-refractivity contribution in [2.75, 3.05) is 0 Å². The largest absolute Gasteiger partial charge is 0.327 e. The second kappa shape index (κ2) is 8.32. The second-order valence-electron chi connectivity index (χ2n) is 11.0. The Balaban J connectivity index is 2.43. The first-order valence-electron chi connectivity index (χ1n) is 11.3. The molecule has 2 rings (SSSR count). The van der Waals surface area contributed by atoms with Crippen LogP contribution in [0.4, 0.5) is 0 Å². The molecular formula is C24H47N. The van der Waals surface area contributed by atoms with Gasteiger partial charge in [0.05, 0.1) is 0 Å². The molecule has 25 heavy (non-hydrogen) atoms. The molecule has 2 aliphatic carbocycles. The zero-order valence-corrected chi connectivity index (χ0v) is 18.5. The average Bonchev–Trinajstić information content (AvgIpc) is 2.53.